The molecule has 1 fully saturated rings. The minimum Gasteiger partial charge on any atom is -0.338 e. The van der Waals surface area contributed by atoms with Crippen LogP contribution in [0.3, 0.4) is 0 Å². The van der Waals surface area contributed by atoms with Gasteiger partial charge in [-0.2, -0.15) is 0 Å². The van der Waals surface area contributed by atoms with Crippen LogP contribution in [0.25, 0.3) is 0 Å². The van der Waals surface area contributed by atoms with Crippen molar-refractivity contribution < 1.29 is 14.4 Å². The zero-order valence-corrected chi connectivity index (χ0v) is 15.2. The SMILES string of the molecule is C=CC(=O)N(C)CC(=O)N1CCN(C(=O)c2ccc(Br)cc2)CC1. The first-order valence-corrected chi connectivity index (χ1v) is 8.42. The van der Waals surface area contributed by atoms with Crippen molar-refractivity contribution in [1.82, 2.24) is 14.7 Å². The molecular formula is C17H20BrN3O3. The molecule has 1 aromatic rings. The summed E-state index contributed by atoms with van der Waals surface area (Å²) in [5, 5.41) is 0. The Balaban J connectivity index is 1.87. The van der Waals surface area contributed by atoms with Crippen LogP contribution in [-0.2, 0) is 9.59 Å². The molecule has 2 rings (SSSR count). The molecule has 0 radical (unpaired) electrons. The number of amides is 3. The molecule has 128 valence electrons. The molecule has 1 heterocycles. The highest BCUT2D eigenvalue weighted by molar-refractivity contribution is 9.10. The molecule has 7 heteroatoms. The van der Waals surface area contributed by atoms with Crippen LogP contribution >= 0.6 is 15.9 Å². The van der Waals surface area contributed by atoms with E-state index in [0.717, 1.165) is 4.47 Å². The number of likely N-dealkylation sites (N-methyl/N-ethyl adjacent to an activating group) is 1. The zero-order valence-electron chi connectivity index (χ0n) is 13.6. The van der Waals surface area contributed by atoms with Crippen LogP contribution in [0, 0.1) is 0 Å². The summed E-state index contributed by atoms with van der Waals surface area (Å²) in [7, 11) is 1.56. The minimum absolute atomic E-state index is 0.0194. The van der Waals surface area contributed by atoms with Crippen LogP contribution in [0.4, 0.5) is 0 Å². The van der Waals surface area contributed by atoms with Gasteiger partial charge in [0, 0.05) is 43.3 Å². The summed E-state index contributed by atoms with van der Waals surface area (Å²) >= 11 is 3.35. The maximum absolute atomic E-state index is 12.4. The molecule has 1 saturated heterocycles. The Bertz CT molecular complexity index is 637. The summed E-state index contributed by atoms with van der Waals surface area (Å²) in [4.78, 5) is 40.8. The molecule has 0 saturated carbocycles. The molecule has 0 N–H and O–H groups in total. The van der Waals surface area contributed by atoms with E-state index in [1.54, 1.807) is 29.0 Å². The summed E-state index contributed by atoms with van der Waals surface area (Å²) in [5.41, 5.74) is 0.634. The van der Waals surface area contributed by atoms with Crippen LogP contribution in [0.2, 0.25) is 0 Å². The van der Waals surface area contributed by atoms with Gasteiger partial charge in [-0.1, -0.05) is 22.5 Å². The lowest BCUT2D eigenvalue weighted by molar-refractivity contribution is -0.138. The highest BCUT2D eigenvalue weighted by atomic mass is 79.9. The Morgan fingerprint density at radius 3 is 2.21 bits per heavy atom. The number of benzene rings is 1. The van der Waals surface area contributed by atoms with E-state index in [4.69, 9.17) is 0 Å². The average molecular weight is 394 g/mol. The van der Waals surface area contributed by atoms with Gasteiger partial charge in [0.15, 0.2) is 0 Å². The Morgan fingerprint density at radius 1 is 1.12 bits per heavy atom. The fraction of sp³-hybridized carbons (Fsp3) is 0.353. The zero-order chi connectivity index (χ0) is 17.7. The van der Waals surface area contributed by atoms with E-state index < -0.39 is 0 Å². The van der Waals surface area contributed by atoms with Gasteiger partial charge in [-0.3, -0.25) is 14.4 Å². The quantitative estimate of drug-likeness (QED) is 0.725. The molecule has 0 aromatic heterocycles. The van der Waals surface area contributed by atoms with Crippen molar-refractivity contribution in [2.75, 3.05) is 39.8 Å². The molecule has 1 aromatic carbocycles. The lowest BCUT2D eigenvalue weighted by Gasteiger charge is -2.35. The van der Waals surface area contributed by atoms with Crippen LogP contribution < -0.4 is 0 Å². The number of piperazine rings is 1. The number of hydrogen-bond acceptors (Lipinski definition) is 3. The largest absolute Gasteiger partial charge is 0.338 e. The molecular weight excluding hydrogens is 374 g/mol. The lowest BCUT2D eigenvalue weighted by atomic mass is 10.2. The number of rotatable bonds is 4. The summed E-state index contributed by atoms with van der Waals surface area (Å²) < 4.78 is 0.924. The van der Waals surface area contributed by atoms with Gasteiger partial charge in [0.2, 0.25) is 11.8 Å². The summed E-state index contributed by atoms with van der Waals surface area (Å²) in [6, 6.07) is 7.22. The normalized spacial score (nSPS) is 14.2. The Labute approximate surface area is 149 Å². The van der Waals surface area contributed by atoms with E-state index in [1.165, 1.54) is 11.0 Å². The predicted molar refractivity (Wildman–Crippen MR) is 94.5 cm³/mol. The van der Waals surface area contributed by atoms with E-state index in [0.29, 0.717) is 31.7 Å². The van der Waals surface area contributed by atoms with Crippen LogP contribution in [0.1, 0.15) is 10.4 Å². The molecule has 24 heavy (non-hydrogen) atoms. The van der Waals surface area contributed by atoms with Gasteiger partial charge in [-0.15, -0.1) is 0 Å². The van der Waals surface area contributed by atoms with Crippen LogP contribution in [0.5, 0.6) is 0 Å². The van der Waals surface area contributed by atoms with Crippen molar-refractivity contribution >= 4 is 33.7 Å². The van der Waals surface area contributed by atoms with Crippen LogP contribution in [-0.4, -0.2) is 72.2 Å². The highest BCUT2D eigenvalue weighted by Gasteiger charge is 2.25. The molecule has 0 spiro atoms. The van der Waals surface area contributed by atoms with Crippen molar-refractivity contribution in [3.05, 3.63) is 47.0 Å². The molecule has 3 amide bonds. The molecule has 6 nitrogen and oxygen atoms in total. The van der Waals surface area contributed by atoms with Gasteiger partial charge >= 0.3 is 0 Å². The monoisotopic (exact) mass is 393 g/mol. The van der Waals surface area contributed by atoms with E-state index >= 15 is 0 Å². The van der Waals surface area contributed by atoms with Crippen molar-refractivity contribution in [1.29, 1.82) is 0 Å². The van der Waals surface area contributed by atoms with Gasteiger partial charge in [0.25, 0.3) is 5.91 Å². The third kappa shape index (κ3) is 4.44. The second kappa shape index (κ2) is 8.10. The van der Waals surface area contributed by atoms with E-state index in [9.17, 15) is 14.4 Å². The van der Waals surface area contributed by atoms with Gasteiger partial charge in [-0.05, 0) is 30.3 Å². The number of halogens is 1. The van der Waals surface area contributed by atoms with Crippen molar-refractivity contribution in [2.45, 2.75) is 0 Å². The second-order valence-electron chi connectivity index (χ2n) is 5.58. The summed E-state index contributed by atoms with van der Waals surface area (Å²) in [6.07, 6.45) is 1.18. The first-order chi connectivity index (χ1) is 11.4. The van der Waals surface area contributed by atoms with Crippen LogP contribution in [0.15, 0.2) is 41.4 Å². The topological polar surface area (TPSA) is 60.9 Å². The number of nitrogens with zero attached hydrogens (tertiary/aromatic N) is 3. The van der Waals surface area contributed by atoms with Crippen molar-refractivity contribution in [3.8, 4) is 0 Å². The molecule has 1 aliphatic heterocycles. The fourth-order valence-corrected chi connectivity index (χ4v) is 2.73. The number of carbonyl (C=O) groups excluding carboxylic acids is 3. The smallest absolute Gasteiger partial charge is 0.253 e. The lowest BCUT2D eigenvalue weighted by Crippen LogP contribution is -2.52. The van der Waals surface area contributed by atoms with E-state index in [2.05, 4.69) is 22.5 Å². The minimum atomic E-state index is -0.285. The third-order valence-electron chi connectivity index (χ3n) is 3.93. The standard InChI is InChI=1S/C17H20BrN3O3/c1-3-15(22)19(2)12-16(23)20-8-10-21(11-9-20)17(24)13-4-6-14(18)7-5-13/h3-7H,1,8-12H2,2H3. The first-order valence-electron chi connectivity index (χ1n) is 7.62. The van der Waals surface area contributed by atoms with E-state index in [1.807, 2.05) is 12.1 Å². The van der Waals surface area contributed by atoms with Crippen molar-refractivity contribution in [3.63, 3.8) is 0 Å². The summed E-state index contributed by atoms with van der Waals surface area (Å²) in [5.74, 6) is -0.440. The highest BCUT2D eigenvalue weighted by Crippen LogP contribution is 2.13. The Morgan fingerprint density at radius 2 is 1.67 bits per heavy atom. The first kappa shape index (κ1) is 18.2. The number of carbonyl (C=O) groups is 3. The molecule has 0 aliphatic carbocycles. The van der Waals surface area contributed by atoms with Gasteiger partial charge in [0.1, 0.15) is 0 Å². The summed E-state index contributed by atoms with van der Waals surface area (Å²) in [6.45, 7) is 5.33. The van der Waals surface area contributed by atoms with Crippen molar-refractivity contribution in [2.24, 2.45) is 0 Å². The van der Waals surface area contributed by atoms with E-state index in [-0.39, 0.29) is 24.3 Å². The number of hydrogen-bond donors (Lipinski definition) is 0. The van der Waals surface area contributed by atoms with Gasteiger partial charge < -0.3 is 14.7 Å². The van der Waals surface area contributed by atoms with Gasteiger partial charge in [0.05, 0.1) is 6.54 Å². The third-order valence-corrected chi connectivity index (χ3v) is 4.46. The Hall–Kier alpha value is -2.15. The second-order valence-corrected chi connectivity index (χ2v) is 6.49. The molecule has 0 atom stereocenters. The fourth-order valence-electron chi connectivity index (χ4n) is 2.47. The average Bonchev–Trinajstić information content (AvgIpc) is 2.61. The molecule has 1 aliphatic rings. The Kier molecular flexibility index (Phi) is 6.14. The van der Waals surface area contributed by atoms with Gasteiger partial charge in [-0.25, -0.2) is 0 Å². The maximum atomic E-state index is 12.4. The molecule has 0 bridgehead atoms. The molecule has 0 unspecified atom stereocenters. The predicted octanol–water partition coefficient (Wildman–Crippen LogP) is 1.38. The maximum Gasteiger partial charge on any atom is 0.253 e.